The largest absolute Gasteiger partial charge is 0.330 e. The van der Waals surface area contributed by atoms with Gasteiger partial charge in [-0.25, -0.2) is 0 Å². The van der Waals surface area contributed by atoms with Crippen LogP contribution in [0.5, 0.6) is 0 Å². The summed E-state index contributed by atoms with van der Waals surface area (Å²) in [7, 11) is 0. The van der Waals surface area contributed by atoms with Crippen molar-refractivity contribution in [3.63, 3.8) is 0 Å². The summed E-state index contributed by atoms with van der Waals surface area (Å²) in [4.78, 5) is 0. The van der Waals surface area contributed by atoms with Gasteiger partial charge in [-0.1, -0.05) is 355 Å². The number of hydrogen-bond donors (Lipinski definition) is 1. The van der Waals surface area contributed by atoms with Gasteiger partial charge in [0.05, 0.1) is 0 Å². The lowest BCUT2D eigenvalue weighted by Gasteiger charge is -2.35. The van der Waals surface area contributed by atoms with E-state index >= 15 is 0 Å². The zero-order valence-corrected chi connectivity index (χ0v) is 45.1. The third-order valence-corrected chi connectivity index (χ3v) is 15.6. The third-order valence-electron chi connectivity index (χ3n) is 15.6. The van der Waals surface area contributed by atoms with E-state index in [1.807, 2.05) is 0 Å². The lowest BCUT2D eigenvalue weighted by atomic mass is 9.70. The van der Waals surface area contributed by atoms with E-state index < -0.39 is 0 Å². The number of unbranched alkanes of at least 4 members (excludes halogenated alkanes) is 49. The summed E-state index contributed by atoms with van der Waals surface area (Å²) in [5, 5.41) is 0. The molecule has 380 valence electrons. The molecule has 0 amide bonds. The highest BCUT2D eigenvalue weighted by Crippen LogP contribution is 2.42. The maximum absolute atomic E-state index is 5.87. The second kappa shape index (κ2) is 56.3. The van der Waals surface area contributed by atoms with E-state index in [9.17, 15) is 0 Å². The summed E-state index contributed by atoms with van der Waals surface area (Å²) in [5.41, 5.74) is 6.50. The monoisotopic (exact) mass is 886 g/mol. The normalized spacial score (nSPS) is 12.0. The molecule has 0 unspecified atom stereocenters. The molecular formula is C62H127N. The summed E-state index contributed by atoms with van der Waals surface area (Å²) in [6, 6.07) is 0. The van der Waals surface area contributed by atoms with E-state index in [1.54, 1.807) is 0 Å². The second-order valence-corrected chi connectivity index (χ2v) is 22.0. The predicted octanol–water partition coefficient (Wildman–Crippen LogP) is 23.2. The van der Waals surface area contributed by atoms with Crippen molar-refractivity contribution >= 4 is 0 Å². The quantitative estimate of drug-likeness (QED) is 0.0605. The van der Waals surface area contributed by atoms with Crippen molar-refractivity contribution in [2.75, 3.05) is 6.54 Å². The van der Waals surface area contributed by atoms with Gasteiger partial charge in [0, 0.05) is 0 Å². The SMILES string of the molecule is CCCCCCCCCCCCCCCCCCC(CCCCCCCN)(CCCCCCCCCCCCCCCCCC)CCCCCCCCCCCCCCCCCC. The topological polar surface area (TPSA) is 26.0 Å². The summed E-state index contributed by atoms with van der Waals surface area (Å²) >= 11 is 0. The predicted molar refractivity (Wildman–Crippen MR) is 292 cm³/mol. The lowest BCUT2D eigenvalue weighted by Crippen LogP contribution is -2.21. The molecule has 0 atom stereocenters. The second-order valence-electron chi connectivity index (χ2n) is 22.0. The Bertz CT molecular complexity index is 685. The van der Waals surface area contributed by atoms with Crippen LogP contribution in [0, 0.1) is 5.41 Å². The van der Waals surface area contributed by atoms with Gasteiger partial charge in [0.15, 0.2) is 0 Å². The van der Waals surface area contributed by atoms with Crippen LogP contribution < -0.4 is 5.73 Å². The first-order chi connectivity index (χ1) is 31.2. The van der Waals surface area contributed by atoms with Crippen molar-refractivity contribution in [3.8, 4) is 0 Å². The fraction of sp³-hybridized carbons (Fsp3) is 1.00. The first-order valence-electron chi connectivity index (χ1n) is 30.9. The average molecular weight is 887 g/mol. The van der Waals surface area contributed by atoms with Gasteiger partial charge in [0.1, 0.15) is 0 Å². The molecule has 2 N–H and O–H groups in total. The summed E-state index contributed by atoms with van der Waals surface area (Å²) in [6.07, 6.45) is 83.9. The minimum atomic E-state index is 0.635. The highest BCUT2D eigenvalue weighted by molar-refractivity contribution is 4.80. The van der Waals surface area contributed by atoms with Crippen molar-refractivity contribution in [1.29, 1.82) is 0 Å². The summed E-state index contributed by atoms with van der Waals surface area (Å²) < 4.78 is 0. The molecule has 0 aromatic heterocycles. The van der Waals surface area contributed by atoms with Gasteiger partial charge in [-0.3, -0.25) is 0 Å². The Kier molecular flexibility index (Phi) is 56.2. The van der Waals surface area contributed by atoms with Crippen LogP contribution in [0.15, 0.2) is 0 Å². The van der Waals surface area contributed by atoms with E-state index in [2.05, 4.69) is 20.8 Å². The fourth-order valence-electron chi connectivity index (χ4n) is 11.1. The van der Waals surface area contributed by atoms with Crippen LogP contribution in [0.3, 0.4) is 0 Å². The Balaban J connectivity index is 4.70. The van der Waals surface area contributed by atoms with Gasteiger partial charge in [-0.05, 0) is 44.1 Å². The smallest absolute Gasteiger partial charge is 0.00773 e. The van der Waals surface area contributed by atoms with Crippen LogP contribution in [0.25, 0.3) is 0 Å². The third kappa shape index (κ3) is 51.2. The molecule has 63 heavy (non-hydrogen) atoms. The van der Waals surface area contributed by atoms with E-state index in [4.69, 9.17) is 5.73 Å². The molecule has 0 rings (SSSR count). The maximum Gasteiger partial charge on any atom is -0.00773 e. The molecule has 0 fully saturated rings. The zero-order chi connectivity index (χ0) is 45.5. The van der Waals surface area contributed by atoms with Crippen LogP contribution in [0.2, 0.25) is 0 Å². The summed E-state index contributed by atoms with van der Waals surface area (Å²) in [5.74, 6) is 0. The molecule has 0 saturated heterocycles. The van der Waals surface area contributed by atoms with Crippen molar-refractivity contribution in [2.24, 2.45) is 11.1 Å². The first-order valence-corrected chi connectivity index (χ1v) is 30.9. The molecule has 0 aromatic rings. The Hall–Kier alpha value is -0.0400. The Labute approximate surface area is 402 Å². The Morgan fingerprint density at radius 2 is 0.302 bits per heavy atom. The van der Waals surface area contributed by atoms with Crippen LogP contribution in [-0.2, 0) is 0 Å². The van der Waals surface area contributed by atoms with Crippen molar-refractivity contribution in [1.82, 2.24) is 0 Å². The van der Waals surface area contributed by atoms with Gasteiger partial charge < -0.3 is 5.73 Å². The van der Waals surface area contributed by atoms with E-state index in [0.717, 1.165) is 6.54 Å². The number of hydrogen-bond acceptors (Lipinski definition) is 1. The van der Waals surface area contributed by atoms with E-state index in [1.165, 1.54) is 366 Å². The molecule has 0 aliphatic rings. The molecule has 0 radical (unpaired) electrons. The van der Waals surface area contributed by atoms with Crippen LogP contribution >= 0.6 is 0 Å². The first kappa shape index (κ1) is 63.0. The van der Waals surface area contributed by atoms with Crippen molar-refractivity contribution in [2.45, 2.75) is 387 Å². The number of rotatable bonds is 58. The van der Waals surface area contributed by atoms with Crippen LogP contribution in [-0.4, -0.2) is 6.54 Å². The minimum Gasteiger partial charge on any atom is -0.330 e. The highest BCUT2D eigenvalue weighted by atomic mass is 14.5. The van der Waals surface area contributed by atoms with Crippen molar-refractivity contribution in [3.05, 3.63) is 0 Å². The van der Waals surface area contributed by atoms with Gasteiger partial charge in [-0.15, -0.1) is 0 Å². The molecule has 0 spiro atoms. The van der Waals surface area contributed by atoms with Gasteiger partial charge in [0.25, 0.3) is 0 Å². The molecule has 0 aliphatic heterocycles. The van der Waals surface area contributed by atoms with E-state index in [0.29, 0.717) is 5.41 Å². The fourth-order valence-corrected chi connectivity index (χ4v) is 11.1. The Morgan fingerprint density at radius 1 is 0.175 bits per heavy atom. The van der Waals surface area contributed by atoms with E-state index in [-0.39, 0.29) is 0 Å². The molecule has 0 bridgehead atoms. The molecule has 0 heterocycles. The standard InChI is InChI=1S/C62H127N/c1-4-7-10-13-16-19-22-25-28-31-34-37-40-43-47-52-57-62(60-55-50-46-51-56-61-63,58-53-48-44-41-38-35-32-29-26-23-20-17-14-11-8-5-2)59-54-49-45-42-39-36-33-30-27-24-21-18-15-12-9-6-3/h4-61,63H2,1-3H3. The zero-order valence-electron chi connectivity index (χ0n) is 45.1. The highest BCUT2D eigenvalue weighted by Gasteiger charge is 2.28. The molecule has 1 nitrogen and oxygen atoms in total. The molecule has 0 aliphatic carbocycles. The maximum atomic E-state index is 5.87. The molecule has 1 heteroatoms. The van der Waals surface area contributed by atoms with Gasteiger partial charge in [-0.2, -0.15) is 0 Å². The minimum absolute atomic E-state index is 0.635. The van der Waals surface area contributed by atoms with Crippen LogP contribution in [0.1, 0.15) is 387 Å². The van der Waals surface area contributed by atoms with Gasteiger partial charge in [0.2, 0.25) is 0 Å². The lowest BCUT2D eigenvalue weighted by molar-refractivity contribution is 0.171. The van der Waals surface area contributed by atoms with Crippen molar-refractivity contribution < 1.29 is 0 Å². The molecule has 0 saturated carbocycles. The van der Waals surface area contributed by atoms with Gasteiger partial charge >= 0.3 is 0 Å². The average Bonchev–Trinajstić information content (AvgIpc) is 3.29. The molecular weight excluding hydrogens is 759 g/mol. The number of nitrogens with two attached hydrogens (primary N) is 1. The Morgan fingerprint density at radius 3 is 0.444 bits per heavy atom. The summed E-state index contributed by atoms with van der Waals surface area (Å²) in [6.45, 7) is 7.85. The molecule has 0 aromatic carbocycles. The van der Waals surface area contributed by atoms with Crippen LogP contribution in [0.4, 0.5) is 0 Å².